The van der Waals surface area contributed by atoms with E-state index in [1.54, 1.807) is 30.3 Å². The summed E-state index contributed by atoms with van der Waals surface area (Å²) in [7, 11) is -4.28. The molecule has 2 amide bonds. The summed E-state index contributed by atoms with van der Waals surface area (Å²) in [5.41, 5.74) is 2.91. The molecular formula is C34H36FN3O4S. The Bertz CT molecular complexity index is 1610. The monoisotopic (exact) mass is 601 g/mol. The largest absolute Gasteiger partial charge is 0.354 e. The Hall–Kier alpha value is -4.50. The molecule has 0 heterocycles. The fourth-order valence-electron chi connectivity index (χ4n) is 4.75. The van der Waals surface area contributed by atoms with Crippen molar-refractivity contribution < 1.29 is 22.4 Å². The van der Waals surface area contributed by atoms with Crippen molar-refractivity contribution >= 4 is 27.5 Å². The van der Waals surface area contributed by atoms with Gasteiger partial charge >= 0.3 is 0 Å². The Labute approximate surface area is 253 Å². The number of anilines is 1. The van der Waals surface area contributed by atoms with Crippen LogP contribution < -0.4 is 9.62 Å². The highest BCUT2D eigenvalue weighted by atomic mass is 32.2. The molecule has 4 aromatic carbocycles. The van der Waals surface area contributed by atoms with Crippen LogP contribution in [0, 0.1) is 12.7 Å². The van der Waals surface area contributed by atoms with Crippen molar-refractivity contribution in [1.82, 2.24) is 10.2 Å². The number of carbonyl (C=O) groups is 2. The van der Waals surface area contributed by atoms with Crippen LogP contribution in [0.25, 0.3) is 0 Å². The lowest BCUT2D eigenvalue weighted by Crippen LogP contribution is -2.53. The van der Waals surface area contributed by atoms with Crippen LogP contribution in [0.15, 0.2) is 114 Å². The first-order chi connectivity index (χ1) is 20.7. The van der Waals surface area contributed by atoms with Crippen LogP contribution >= 0.6 is 0 Å². The number of aryl methyl sites for hydroxylation is 1. The van der Waals surface area contributed by atoms with Crippen LogP contribution in [0.1, 0.15) is 30.0 Å². The molecule has 0 bridgehead atoms. The number of hydrogen-bond acceptors (Lipinski definition) is 4. The smallest absolute Gasteiger partial charge is 0.264 e. The van der Waals surface area contributed by atoms with Crippen molar-refractivity contribution in [3.05, 3.63) is 132 Å². The standard InChI is InChI=1S/C34H36FN3O4S/c1-3-22-36-34(40)32(23-27-13-6-4-7-14-27)37(24-28-15-11-10-12-26(28)2)33(39)25-38(30-16-8-5-9-17-30)43(41,42)31-20-18-29(35)19-21-31/h4-21,32H,3,22-25H2,1-2H3,(H,36,40). The molecular weight excluding hydrogens is 565 g/mol. The number of sulfonamides is 1. The third-order valence-electron chi connectivity index (χ3n) is 7.15. The van der Waals surface area contributed by atoms with Gasteiger partial charge in [0.1, 0.15) is 18.4 Å². The molecule has 43 heavy (non-hydrogen) atoms. The molecule has 1 atom stereocenters. The van der Waals surface area contributed by atoms with Gasteiger partial charge in [-0.05, 0) is 66.4 Å². The Morgan fingerprint density at radius 2 is 1.44 bits per heavy atom. The second-order valence-corrected chi connectivity index (χ2v) is 12.1. The predicted octanol–water partition coefficient (Wildman–Crippen LogP) is 5.50. The average molecular weight is 602 g/mol. The van der Waals surface area contributed by atoms with Crippen molar-refractivity contribution in [2.45, 2.75) is 44.2 Å². The minimum Gasteiger partial charge on any atom is -0.354 e. The average Bonchev–Trinajstić information content (AvgIpc) is 3.02. The van der Waals surface area contributed by atoms with E-state index < -0.39 is 34.3 Å². The van der Waals surface area contributed by atoms with Gasteiger partial charge in [-0.3, -0.25) is 13.9 Å². The molecule has 4 rings (SSSR count). The molecule has 0 radical (unpaired) electrons. The van der Waals surface area contributed by atoms with Crippen LogP contribution in [0.4, 0.5) is 10.1 Å². The van der Waals surface area contributed by atoms with Gasteiger partial charge in [0.25, 0.3) is 10.0 Å². The van der Waals surface area contributed by atoms with E-state index in [1.807, 2.05) is 68.4 Å². The minimum atomic E-state index is -4.28. The highest BCUT2D eigenvalue weighted by Gasteiger charge is 2.34. The fraction of sp³-hybridized carbons (Fsp3) is 0.235. The molecule has 0 aromatic heterocycles. The van der Waals surface area contributed by atoms with Gasteiger partial charge in [0.2, 0.25) is 11.8 Å². The maximum atomic E-state index is 14.4. The van der Waals surface area contributed by atoms with Gasteiger partial charge < -0.3 is 10.2 Å². The lowest BCUT2D eigenvalue weighted by molar-refractivity contribution is -0.140. The lowest BCUT2D eigenvalue weighted by Gasteiger charge is -2.34. The number of carbonyl (C=O) groups excluding carboxylic acids is 2. The highest BCUT2D eigenvalue weighted by molar-refractivity contribution is 7.92. The van der Waals surface area contributed by atoms with Gasteiger partial charge in [-0.1, -0.05) is 79.7 Å². The lowest BCUT2D eigenvalue weighted by atomic mass is 10.0. The van der Waals surface area contributed by atoms with Crippen LogP contribution in [0.5, 0.6) is 0 Å². The summed E-state index contributed by atoms with van der Waals surface area (Å²) < 4.78 is 42.5. The minimum absolute atomic E-state index is 0.0990. The molecule has 4 aromatic rings. The first kappa shape index (κ1) is 31.4. The third kappa shape index (κ3) is 8.08. The summed E-state index contributed by atoms with van der Waals surface area (Å²) in [6.07, 6.45) is 0.956. The van der Waals surface area contributed by atoms with E-state index in [0.29, 0.717) is 13.0 Å². The maximum Gasteiger partial charge on any atom is 0.264 e. The molecule has 0 saturated carbocycles. The van der Waals surface area contributed by atoms with Gasteiger partial charge in [0.15, 0.2) is 0 Å². The van der Waals surface area contributed by atoms with E-state index in [4.69, 9.17) is 0 Å². The second-order valence-electron chi connectivity index (χ2n) is 10.2. The van der Waals surface area contributed by atoms with Crippen molar-refractivity contribution in [3.63, 3.8) is 0 Å². The van der Waals surface area contributed by atoms with Crippen molar-refractivity contribution in [1.29, 1.82) is 0 Å². The molecule has 0 fully saturated rings. The van der Waals surface area contributed by atoms with Crippen molar-refractivity contribution in [3.8, 4) is 0 Å². The van der Waals surface area contributed by atoms with Crippen molar-refractivity contribution in [2.75, 3.05) is 17.4 Å². The number of nitrogens with one attached hydrogen (secondary N) is 1. The summed E-state index contributed by atoms with van der Waals surface area (Å²) in [5, 5.41) is 2.93. The Morgan fingerprint density at radius 1 is 0.837 bits per heavy atom. The quantitative estimate of drug-likeness (QED) is 0.219. The van der Waals surface area contributed by atoms with E-state index in [9.17, 15) is 22.4 Å². The molecule has 0 spiro atoms. The van der Waals surface area contributed by atoms with E-state index in [2.05, 4.69) is 5.32 Å². The molecule has 9 heteroatoms. The molecule has 7 nitrogen and oxygen atoms in total. The van der Waals surface area contributed by atoms with Gasteiger partial charge in [-0.2, -0.15) is 0 Å². The van der Waals surface area contributed by atoms with Gasteiger partial charge in [0.05, 0.1) is 10.6 Å². The molecule has 0 aliphatic rings. The van der Waals surface area contributed by atoms with E-state index >= 15 is 0 Å². The van der Waals surface area contributed by atoms with Gasteiger partial charge in [-0.25, -0.2) is 12.8 Å². The van der Waals surface area contributed by atoms with Crippen LogP contribution in [-0.2, 0) is 32.6 Å². The Kier molecular flexibility index (Phi) is 10.7. The number of benzene rings is 4. The van der Waals surface area contributed by atoms with Gasteiger partial charge in [-0.15, -0.1) is 0 Å². The number of nitrogens with zero attached hydrogens (tertiary/aromatic N) is 2. The number of amides is 2. The molecule has 1 N–H and O–H groups in total. The van der Waals surface area contributed by atoms with E-state index in [0.717, 1.165) is 33.1 Å². The summed E-state index contributed by atoms with van der Waals surface area (Å²) in [6.45, 7) is 3.84. The molecule has 1 unspecified atom stereocenters. The van der Waals surface area contributed by atoms with E-state index in [1.165, 1.54) is 17.0 Å². The maximum absolute atomic E-state index is 14.4. The van der Waals surface area contributed by atoms with Crippen molar-refractivity contribution in [2.24, 2.45) is 0 Å². The summed E-state index contributed by atoms with van der Waals surface area (Å²) in [6, 6.07) is 28.8. The summed E-state index contributed by atoms with van der Waals surface area (Å²) >= 11 is 0. The van der Waals surface area contributed by atoms with Gasteiger partial charge in [0, 0.05) is 19.5 Å². The zero-order valence-electron chi connectivity index (χ0n) is 24.3. The zero-order valence-corrected chi connectivity index (χ0v) is 25.1. The summed E-state index contributed by atoms with van der Waals surface area (Å²) in [5.74, 6) is -1.45. The normalized spacial score (nSPS) is 11.9. The predicted molar refractivity (Wildman–Crippen MR) is 166 cm³/mol. The van der Waals surface area contributed by atoms with E-state index in [-0.39, 0.29) is 29.5 Å². The number of halogens is 1. The Morgan fingerprint density at radius 3 is 2.07 bits per heavy atom. The second kappa shape index (κ2) is 14.6. The molecule has 0 saturated heterocycles. The number of para-hydroxylation sites is 1. The molecule has 224 valence electrons. The molecule has 0 aliphatic heterocycles. The van der Waals surface area contributed by atoms with Crippen LogP contribution in [0.2, 0.25) is 0 Å². The number of rotatable bonds is 13. The number of hydrogen-bond donors (Lipinski definition) is 1. The molecule has 0 aliphatic carbocycles. The highest BCUT2D eigenvalue weighted by Crippen LogP contribution is 2.25. The SMILES string of the molecule is CCCNC(=O)C(Cc1ccccc1)N(Cc1ccccc1C)C(=O)CN(c1ccccc1)S(=O)(=O)c1ccc(F)cc1. The third-order valence-corrected chi connectivity index (χ3v) is 8.94. The summed E-state index contributed by atoms with van der Waals surface area (Å²) in [4.78, 5) is 29.3. The fourth-order valence-corrected chi connectivity index (χ4v) is 6.16. The van der Waals surface area contributed by atoms with Crippen LogP contribution in [-0.4, -0.2) is 44.3 Å². The topological polar surface area (TPSA) is 86.8 Å². The zero-order chi connectivity index (χ0) is 30.8. The first-order valence-corrected chi connectivity index (χ1v) is 15.6. The first-order valence-electron chi connectivity index (χ1n) is 14.2. The Balaban J connectivity index is 1.78. The van der Waals surface area contributed by atoms with Crippen LogP contribution in [0.3, 0.4) is 0 Å².